The summed E-state index contributed by atoms with van der Waals surface area (Å²) < 4.78 is 5.01. The molecule has 5 nitrogen and oxygen atoms in total. The highest BCUT2D eigenvalue weighted by Gasteiger charge is 2.72. The van der Waals surface area contributed by atoms with Crippen molar-refractivity contribution in [2.45, 2.75) is 43.4 Å². The Bertz CT molecular complexity index is 874. The minimum absolute atomic E-state index is 0.0593. The molecule has 0 radical (unpaired) electrons. The Morgan fingerprint density at radius 3 is 2.80 bits per heavy atom. The molecule has 2 aromatic heterocycles. The number of thiocarbonyl (C=S) groups is 1. The smallest absolute Gasteiger partial charge is 0.336 e. The van der Waals surface area contributed by atoms with Crippen LogP contribution in [0.15, 0.2) is 22.0 Å². The average molecular weight is 395 g/mol. The lowest BCUT2D eigenvalue weighted by Crippen LogP contribution is -2.67. The zero-order chi connectivity index (χ0) is 18.1. The highest BCUT2D eigenvalue weighted by Crippen LogP contribution is 2.64. The monoisotopic (exact) mass is 394 g/mol. The molecule has 2 saturated heterocycles. The van der Waals surface area contributed by atoms with Gasteiger partial charge in [-0.2, -0.15) is 0 Å². The lowest BCUT2D eigenvalue weighted by molar-refractivity contribution is -0.152. The van der Waals surface area contributed by atoms with Crippen LogP contribution in [0.25, 0.3) is 10.6 Å². The van der Waals surface area contributed by atoms with Crippen molar-refractivity contribution in [3.05, 3.63) is 28.8 Å². The molecule has 0 saturated carbocycles. The molecule has 8 heteroatoms. The summed E-state index contributed by atoms with van der Waals surface area (Å²) in [5.41, 5.74) is -0.0748. The van der Waals surface area contributed by atoms with Gasteiger partial charge in [0.25, 0.3) is 0 Å². The standard InChI is InChI=1S/C17H18N2O3S3/c1-8-13(23)19-14(8)25-16(3,4)17(19,15(20)21)11-9(2)18-22-12(11)10-6-5-7-24-10/h5-8,14H,1-4H3,(H,20,21)/t8-,14-,17+/m1/s1. The molecule has 0 unspecified atom stereocenters. The number of carbonyl (C=O) groups is 1. The molecule has 2 fully saturated rings. The van der Waals surface area contributed by atoms with Crippen LogP contribution >= 0.6 is 35.3 Å². The van der Waals surface area contributed by atoms with Crippen molar-refractivity contribution in [2.24, 2.45) is 5.92 Å². The molecule has 1 N–H and O–H groups in total. The van der Waals surface area contributed by atoms with Crippen LogP contribution in [0.5, 0.6) is 0 Å². The summed E-state index contributed by atoms with van der Waals surface area (Å²) in [6, 6.07) is 3.84. The fourth-order valence-corrected chi connectivity index (χ4v) is 7.07. The Balaban J connectivity index is 2.03. The number of nitrogens with zero attached hydrogens (tertiary/aromatic N) is 2. The molecule has 0 aromatic carbocycles. The molecule has 0 aliphatic carbocycles. The van der Waals surface area contributed by atoms with Crippen molar-refractivity contribution in [1.29, 1.82) is 0 Å². The number of thioether (sulfide) groups is 1. The highest BCUT2D eigenvalue weighted by atomic mass is 32.2. The minimum Gasteiger partial charge on any atom is -0.479 e. The summed E-state index contributed by atoms with van der Waals surface area (Å²) in [5, 5.41) is 16.6. The molecular weight excluding hydrogens is 376 g/mol. The van der Waals surface area contributed by atoms with Gasteiger partial charge >= 0.3 is 5.97 Å². The van der Waals surface area contributed by atoms with Crippen LogP contribution < -0.4 is 0 Å². The average Bonchev–Trinajstić information content (AvgIpc) is 3.23. The van der Waals surface area contributed by atoms with E-state index in [1.165, 1.54) is 11.3 Å². The van der Waals surface area contributed by atoms with Gasteiger partial charge in [-0.05, 0) is 32.2 Å². The van der Waals surface area contributed by atoms with Crippen LogP contribution in [-0.2, 0) is 10.3 Å². The summed E-state index contributed by atoms with van der Waals surface area (Å²) >= 11 is 8.75. The molecule has 0 amide bonds. The number of thiophene rings is 1. The van der Waals surface area contributed by atoms with E-state index in [0.29, 0.717) is 22.0 Å². The third-order valence-corrected chi connectivity index (χ3v) is 8.42. The van der Waals surface area contributed by atoms with Crippen molar-refractivity contribution in [3.63, 3.8) is 0 Å². The maximum Gasteiger partial charge on any atom is 0.336 e. The van der Waals surface area contributed by atoms with Crippen molar-refractivity contribution >= 4 is 46.3 Å². The largest absolute Gasteiger partial charge is 0.479 e. The number of rotatable bonds is 3. The van der Waals surface area contributed by atoms with Gasteiger partial charge in [0.05, 0.1) is 31.2 Å². The van der Waals surface area contributed by atoms with E-state index in [1.807, 2.05) is 36.3 Å². The van der Waals surface area contributed by atoms with E-state index in [4.69, 9.17) is 16.7 Å². The zero-order valence-electron chi connectivity index (χ0n) is 14.3. The van der Waals surface area contributed by atoms with Gasteiger partial charge in [0.15, 0.2) is 11.3 Å². The van der Waals surface area contributed by atoms with E-state index >= 15 is 0 Å². The van der Waals surface area contributed by atoms with Gasteiger partial charge in [0.1, 0.15) is 0 Å². The number of carboxylic acid groups (broad SMARTS) is 1. The van der Waals surface area contributed by atoms with Crippen molar-refractivity contribution in [3.8, 4) is 10.6 Å². The molecule has 0 spiro atoms. The van der Waals surface area contributed by atoms with Crippen LogP contribution in [0.1, 0.15) is 32.0 Å². The van der Waals surface area contributed by atoms with Gasteiger partial charge in [-0.15, -0.1) is 23.1 Å². The summed E-state index contributed by atoms with van der Waals surface area (Å²) in [4.78, 5) is 16.2. The van der Waals surface area contributed by atoms with E-state index < -0.39 is 16.3 Å². The summed E-state index contributed by atoms with van der Waals surface area (Å²) in [5.74, 6) is -0.191. The molecule has 2 aliphatic rings. The quantitative estimate of drug-likeness (QED) is 0.785. The molecule has 3 atom stereocenters. The number of carboxylic acids is 1. The van der Waals surface area contributed by atoms with E-state index in [9.17, 15) is 9.90 Å². The second kappa shape index (κ2) is 5.31. The minimum atomic E-state index is -1.30. The van der Waals surface area contributed by atoms with Gasteiger partial charge in [-0.25, -0.2) is 4.79 Å². The summed E-state index contributed by atoms with van der Waals surface area (Å²) in [7, 11) is 0. The van der Waals surface area contributed by atoms with Gasteiger partial charge in [-0.3, -0.25) is 0 Å². The molecule has 4 rings (SSSR count). The SMILES string of the molecule is Cc1noc(-c2cccs2)c1[C@@]1(C(=O)O)N2C(=S)[C@@H](C)[C@H]2SC1(C)C. The van der Waals surface area contributed by atoms with Crippen molar-refractivity contribution in [1.82, 2.24) is 10.1 Å². The van der Waals surface area contributed by atoms with Crippen LogP contribution in [0.3, 0.4) is 0 Å². The second-order valence-corrected chi connectivity index (χ2v) is 10.1. The molecule has 132 valence electrons. The first-order valence-electron chi connectivity index (χ1n) is 7.98. The topological polar surface area (TPSA) is 66.6 Å². The number of aromatic nitrogens is 1. The Labute approximate surface area is 159 Å². The van der Waals surface area contributed by atoms with Gasteiger partial charge in [-0.1, -0.05) is 30.4 Å². The zero-order valence-corrected chi connectivity index (χ0v) is 16.7. The van der Waals surface area contributed by atoms with Crippen LogP contribution in [0, 0.1) is 12.8 Å². The van der Waals surface area contributed by atoms with Gasteiger partial charge in [0, 0.05) is 5.92 Å². The predicted octanol–water partition coefficient (Wildman–Crippen LogP) is 4.12. The van der Waals surface area contributed by atoms with Crippen LogP contribution in [0.4, 0.5) is 0 Å². The Morgan fingerprint density at radius 1 is 1.48 bits per heavy atom. The van der Waals surface area contributed by atoms with E-state index in [2.05, 4.69) is 12.1 Å². The lowest BCUT2D eigenvalue weighted by Gasteiger charge is -2.51. The van der Waals surface area contributed by atoms with E-state index in [1.54, 1.807) is 18.7 Å². The van der Waals surface area contributed by atoms with Crippen molar-refractivity contribution in [2.75, 3.05) is 0 Å². The number of fused-ring (bicyclic) bond motifs is 1. The number of hydrogen-bond acceptors (Lipinski definition) is 6. The molecule has 0 bridgehead atoms. The van der Waals surface area contributed by atoms with Crippen LogP contribution in [-0.4, -0.2) is 36.2 Å². The first-order valence-corrected chi connectivity index (χ1v) is 10.1. The van der Waals surface area contributed by atoms with E-state index in [-0.39, 0.29) is 11.3 Å². The van der Waals surface area contributed by atoms with Gasteiger partial charge in [0.2, 0.25) is 0 Å². The fourth-order valence-electron chi connectivity index (χ4n) is 4.06. The number of aliphatic carboxylic acids is 1. The second-order valence-electron chi connectivity index (χ2n) is 6.98. The van der Waals surface area contributed by atoms with Gasteiger partial charge < -0.3 is 14.5 Å². The first-order chi connectivity index (χ1) is 11.7. The third-order valence-electron chi connectivity index (χ3n) is 5.24. The molecule has 2 aromatic rings. The maximum atomic E-state index is 12.8. The molecule has 25 heavy (non-hydrogen) atoms. The predicted molar refractivity (Wildman–Crippen MR) is 103 cm³/mol. The normalized spacial score (nSPS) is 30.2. The first kappa shape index (κ1) is 17.1. The molecular formula is C17H18N2O3S3. The fraction of sp³-hybridized carbons (Fsp3) is 0.471. The third kappa shape index (κ3) is 1.93. The Kier molecular flexibility index (Phi) is 3.62. The Morgan fingerprint density at radius 2 is 2.20 bits per heavy atom. The Hall–Kier alpha value is -1.38. The molecule has 2 aliphatic heterocycles. The summed E-state index contributed by atoms with van der Waals surface area (Å²) in [6.45, 7) is 7.82. The van der Waals surface area contributed by atoms with Crippen molar-refractivity contribution < 1.29 is 14.4 Å². The maximum absolute atomic E-state index is 12.8. The number of aryl methyl sites for hydroxylation is 1. The number of hydrogen-bond donors (Lipinski definition) is 1. The van der Waals surface area contributed by atoms with E-state index in [0.717, 1.165) is 4.88 Å². The highest BCUT2D eigenvalue weighted by molar-refractivity contribution is 8.01. The van der Waals surface area contributed by atoms with Crippen LogP contribution in [0.2, 0.25) is 0 Å². The lowest BCUT2D eigenvalue weighted by atomic mass is 9.74. The molecule has 4 heterocycles. The summed E-state index contributed by atoms with van der Waals surface area (Å²) in [6.07, 6.45) is 0.